The molecule has 0 saturated carbocycles. The van der Waals surface area contributed by atoms with Gasteiger partial charge in [-0.1, -0.05) is 72.8 Å². The molecule has 3 heteroatoms. The van der Waals surface area contributed by atoms with Gasteiger partial charge in [0.1, 0.15) is 11.4 Å². The molecule has 1 fully saturated rings. The van der Waals surface area contributed by atoms with Crippen molar-refractivity contribution < 1.29 is 9.84 Å². The number of nitrogens with zero attached hydrogens (tertiary/aromatic N) is 1. The van der Waals surface area contributed by atoms with Crippen LogP contribution in [0.3, 0.4) is 0 Å². The third-order valence-corrected chi connectivity index (χ3v) is 7.26. The van der Waals surface area contributed by atoms with Crippen LogP contribution in [0.25, 0.3) is 0 Å². The highest BCUT2D eigenvalue weighted by Crippen LogP contribution is 2.38. The van der Waals surface area contributed by atoms with Crippen molar-refractivity contribution >= 4 is 0 Å². The van der Waals surface area contributed by atoms with Crippen molar-refractivity contribution in [1.29, 1.82) is 0 Å². The van der Waals surface area contributed by atoms with Crippen LogP contribution in [0.2, 0.25) is 0 Å². The third-order valence-electron chi connectivity index (χ3n) is 7.26. The average molecular weight is 428 g/mol. The number of piperidine rings is 1. The predicted molar refractivity (Wildman–Crippen MR) is 129 cm³/mol. The maximum absolute atomic E-state index is 11.9. The largest absolute Gasteiger partial charge is 0.493 e. The van der Waals surface area contributed by atoms with Gasteiger partial charge >= 0.3 is 0 Å². The Morgan fingerprint density at radius 3 is 2.19 bits per heavy atom. The number of fused-ring (bicyclic) bond motifs is 1. The molecular formula is C29H33NO2. The first-order valence-corrected chi connectivity index (χ1v) is 12.0. The molecule has 2 aliphatic rings. The van der Waals surface area contributed by atoms with Gasteiger partial charge in [-0.15, -0.1) is 0 Å². The van der Waals surface area contributed by atoms with E-state index >= 15 is 0 Å². The summed E-state index contributed by atoms with van der Waals surface area (Å²) in [5.74, 6) is 1.59. The van der Waals surface area contributed by atoms with Crippen molar-refractivity contribution in [3.8, 4) is 5.75 Å². The van der Waals surface area contributed by atoms with Crippen molar-refractivity contribution in [1.82, 2.24) is 4.90 Å². The first-order valence-electron chi connectivity index (χ1n) is 12.0. The lowest BCUT2D eigenvalue weighted by atomic mass is 9.76. The minimum absolute atomic E-state index is 0.522. The molecule has 2 heterocycles. The van der Waals surface area contributed by atoms with E-state index in [0.717, 1.165) is 75.2 Å². The van der Waals surface area contributed by atoms with E-state index in [4.69, 9.17) is 4.74 Å². The number of ether oxygens (including phenoxy) is 1. The van der Waals surface area contributed by atoms with Crippen LogP contribution in [-0.2, 0) is 18.4 Å². The lowest BCUT2D eigenvalue weighted by Gasteiger charge is -2.37. The van der Waals surface area contributed by atoms with Crippen molar-refractivity contribution in [3.05, 3.63) is 101 Å². The second kappa shape index (κ2) is 9.48. The minimum Gasteiger partial charge on any atom is -0.493 e. The molecule has 0 radical (unpaired) electrons. The Kier molecular flexibility index (Phi) is 6.29. The molecule has 3 aromatic carbocycles. The Morgan fingerprint density at radius 1 is 0.875 bits per heavy atom. The van der Waals surface area contributed by atoms with E-state index in [0.29, 0.717) is 5.92 Å². The highest BCUT2D eigenvalue weighted by atomic mass is 16.5. The lowest BCUT2D eigenvalue weighted by molar-refractivity contribution is 0.0370. The van der Waals surface area contributed by atoms with Crippen molar-refractivity contribution in [2.75, 3.05) is 26.2 Å². The summed E-state index contributed by atoms with van der Waals surface area (Å²) in [6.07, 6.45) is 5.19. The Hall–Kier alpha value is -2.62. The molecule has 0 bridgehead atoms. The summed E-state index contributed by atoms with van der Waals surface area (Å²) < 4.78 is 5.63. The fourth-order valence-electron chi connectivity index (χ4n) is 5.34. The van der Waals surface area contributed by atoms with Gasteiger partial charge in [-0.05, 0) is 73.0 Å². The van der Waals surface area contributed by atoms with E-state index in [2.05, 4.69) is 47.4 Å². The molecule has 3 nitrogen and oxygen atoms in total. The quantitative estimate of drug-likeness (QED) is 0.562. The molecule has 0 unspecified atom stereocenters. The summed E-state index contributed by atoms with van der Waals surface area (Å²) in [4.78, 5) is 2.59. The summed E-state index contributed by atoms with van der Waals surface area (Å²) in [7, 11) is 0. The van der Waals surface area contributed by atoms with Crippen LogP contribution < -0.4 is 4.74 Å². The van der Waals surface area contributed by atoms with Crippen molar-refractivity contribution in [2.45, 2.75) is 37.7 Å². The van der Waals surface area contributed by atoms with Gasteiger partial charge in [0.2, 0.25) is 0 Å². The Morgan fingerprint density at radius 2 is 1.53 bits per heavy atom. The molecule has 1 saturated heterocycles. The average Bonchev–Trinajstić information content (AvgIpc) is 3.33. The van der Waals surface area contributed by atoms with Crippen LogP contribution in [0.15, 0.2) is 78.9 Å². The van der Waals surface area contributed by atoms with Crippen molar-refractivity contribution in [3.63, 3.8) is 0 Å². The lowest BCUT2D eigenvalue weighted by Crippen LogP contribution is -2.38. The highest BCUT2D eigenvalue weighted by molar-refractivity contribution is 5.40. The van der Waals surface area contributed by atoms with Gasteiger partial charge < -0.3 is 14.7 Å². The first kappa shape index (κ1) is 21.2. The molecule has 1 N–H and O–H groups in total. The fraction of sp³-hybridized carbons (Fsp3) is 0.379. The number of rotatable bonds is 7. The van der Waals surface area contributed by atoms with Crippen LogP contribution in [0.1, 0.15) is 41.5 Å². The molecule has 0 spiro atoms. The zero-order valence-corrected chi connectivity index (χ0v) is 18.7. The molecule has 0 atom stereocenters. The zero-order valence-electron chi connectivity index (χ0n) is 18.7. The van der Waals surface area contributed by atoms with Crippen LogP contribution in [0.5, 0.6) is 5.75 Å². The van der Waals surface area contributed by atoms with Gasteiger partial charge in [0.25, 0.3) is 0 Å². The van der Waals surface area contributed by atoms with Gasteiger partial charge in [0, 0.05) is 13.0 Å². The summed E-state index contributed by atoms with van der Waals surface area (Å²) in [5.41, 5.74) is 3.84. The molecule has 32 heavy (non-hydrogen) atoms. The molecule has 3 aromatic rings. The van der Waals surface area contributed by atoms with E-state index in [1.165, 1.54) is 11.1 Å². The van der Waals surface area contributed by atoms with Crippen LogP contribution >= 0.6 is 0 Å². The summed E-state index contributed by atoms with van der Waals surface area (Å²) in [6, 6.07) is 27.1. The summed E-state index contributed by atoms with van der Waals surface area (Å²) >= 11 is 0. The molecule has 0 aliphatic carbocycles. The predicted octanol–water partition coefficient (Wildman–Crippen LogP) is 5.20. The topological polar surface area (TPSA) is 32.7 Å². The normalized spacial score (nSPS) is 17.2. The second-order valence-corrected chi connectivity index (χ2v) is 9.37. The number of hydrogen-bond donors (Lipinski definition) is 1. The Bertz CT molecular complexity index is 970. The SMILES string of the molecule is OC(CC1CCN(CCc2ccc3c(c2)CCO3)CC1)(c1ccccc1)c1ccccc1. The molecular weight excluding hydrogens is 394 g/mol. The molecule has 5 rings (SSSR count). The zero-order chi connectivity index (χ0) is 21.8. The number of hydrogen-bond acceptors (Lipinski definition) is 3. The van der Waals surface area contributed by atoms with Crippen molar-refractivity contribution in [2.24, 2.45) is 5.92 Å². The van der Waals surface area contributed by atoms with E-state index in [1.807, 2.05) is 36.4 Å². The minimum atomic E-state index is -0.929. The number of benzene rings is 3. The monoisotopic (exact) mass is 427 g/mol. The Labute approximate surface area is 191 Å². The molecule has 0 amide bonds. The van der Waals surface area contributed by atoms with Crippen LogP contribution in [-0.4, -0.2) is 36.2 Å². The van der Waals surface area contributed by atoms with E-state index in [9.17, 15) is 5.11 Å². The van der Waals surface area contributed by atoms with Gasteiger partial charge in [-0.25, -0.2) is 0 Å². The summed E-state index contributed by atoms with van der Waals surface area (Å²) in [6.45, 7) is 4.15. The number of aliphatic hydroxyl groups is 1. The number of likely N-dealkylation sites (tertiary alicyclic amines) is 1. The molecule has 2 aliphatic heterocycles. The van der Waals surface area contributed by atoms with E-state index in [-0.39, 0.29) is 0 Å². The maximum atomic E-state index is 11.9. The fourth-order valence-corrected chi connectivity index (χ4v) is 5.34. The first-order chi connectivity index (χ1) is 15.7. The standard InChI is InChI=1S/C29H33NO2/c31-29(26-7-3-1-4-8-26,27-9-5-2-6-10-27)22-24-14-18-30(19-15-24)17-13-23-11-12-28-25(21-23)16-20-32-28/h1-12,21,24,31H,13-20,22H2. The highest BCUT2D eigenvalue weighted by Gasteiger charge is 2.35. The van der Waals surface area contributed by atoms with Gasteiger partial charge in [0.15, 0.2) is 0 Å². The van der Waals surface area contributed by atoms with Gasteiger partial charge in [-0.2, -0.15) is 0 Å². The molecule has 166 valence electrons. The van der Waals surface area contributed by atoms with Gasteiger partial charge in [0.05, 0.1) is 6.61 Å². The Balaban J connectivity index is 1.20. The second-order valence-electron chi connectivity index (χ2n) is 9.37. The molecule has 0 aromatic heterocycles. The summed E-state index contributed by atoms with van der Waals surface area (Å²) in [5, 5.41) is 11.9. The van der Waals surface area contributed by atoms with Gasteiger partial charge in [-0.3, -0.25) is 0 Å². The van der Waals surface area contributed by atoms with E-state index < -0.39 is 5.60 Å². The third kappa shape index (κ3) is 4.60. The smallest absolute Gasteiger partial charge is 0.122 e. The van der Waals surface area contributed by atoms with Crippen LogP contribution in [0, 0.1) is 5.92 Å². The van der Waals surface area contributed by atoms with Crippen LogP contribution in [0.4, 0.5) is 0 Å². The van der Waals surface area contributed by atoms with E-state index in [1.54, 1.807) is 0 Å². The maximum Gasteiger partial charge on any atom is 0.122 e.